The summed E-state index contributed by atoms with van der Waals surface area (Å²) in [6.45, 7) is 2.89. The Kier molecular flexibility index (Phi) is 5.50. The fourth-order valence-corrected chi connectivity index (χ4v) is 3.38. The summed E-state index contributed by atoms with van der Waals surface area (Å²) in [5.74, 6) is 0.879. The van der Waals surface area contributed by atoms with E-state index >= 15 is 0 Å². The first-order chi connectivity index (χ1) is 10.1. The molecule has 0 aromatic heterocycles. The van der Waals surface area contributed by atoms with Crippen molar-refractivity contribution in [3.05, 3.63) is 35.4 Å². The van der Waals surface area contributed by atoms with Crippen LogP contribution in [0.2, 0.25) is 0 Å². The molecule has 1 atom stereocenters. The Morgan fingerprint density at radius 3 is 2.76 bits per heavy atom. The number of aliphatic carboxylic acids is 1. The quantitative estimate of drug-likeness (QED) is 0.895. The molecule has 2 N–H and O–H groups in total. The highest BCUT2D eigenvalue weighted by Gasteiger charge is 2.28. The monoisotopic (exact) mass is 308 g/mol. The molecule has 0 spiro atoms. The van der Waals surface area contributed by atoms with Gasteiger partial charge in [-0.15, -0.1) is 0 Å². The van der Waals surface area contributed by atoms with E-state index in [2.05, 4.69) is 29.6 Å². The standard InChI is InChI=1S/C15H20N2O3S/c1-11-2-4-12(5-3-11)13-10-21-9-8-17(13)15(20)16-7-6-14(18)19/h2-5,13H,6-10H2,1H3,(H,16,20)(H,18,19). The van der Waals surface area contributed by atoms with Gasteiger partial charge in [0, 0.05) is 24.6 Å². The van der Waals surface area contributed by atoms with Crippen LogP contribution in [0.3, 0.4) is 0 Å². The minimum Gasteiger partial charge on any atom is -0.481 e. The lowest BCUT2D eigenvalue weighted by molar-refractivity contribution is -0.136. The maximum atomic E-state index is 12.2. The third-order valence-corrected chi connectivity index (χ3v) is 4.49. The van der Waals surface area contributed by atoms with Crippen LogP contribution in [0.5, 0.6) is 0 Å². The highest BCUT2D eigenvalue weighted by Crippen LogP contribution is 2.29. The number of nitrogens with zero attached hydrogens (tertiary/aromatic N) is 1. The van der Waals surface area contributed by atoms with Gasteiger partial charge in [0.2, 0.25) is 0 Å². The van der Waals surface area contributed by atoms with Crippen molar-refractivity contribution in [2.75, 3.05) is 24.6 Å². The lowest BCUT2D eigenvalue weighted by Gasteiger charge is -2.35. The van der Waals surface area contributed by atoms with E-state index in [-0.39, 0.29) is 25.0 Å². The molecular formula is C15H20N2O3S. The Morgan fingerprint density at radius 1 is 1.38 bits per heavy atom. The van der Waals surface area contributed by atoms with Crippen LogP contribution in [-0.4, -0.2) is 46.6 Å². The summed E-state index contributed by atoms with van der Waals surface area (Å²) in [5.41, 5.74) is 2.32. The van der Waals surface area contributed by atoms with E-state index in [0.717, 1.165) is 17.1 Å². The van der Waals surface area contributed by atoms with Crippen molar-refractivity contribution in [3.8, 4) is 0 Å². The maximum absolute atomic E-state index is 12.2. The third-order valence-electron chi connectivity index (χ3n) is 3.47. The SMILES string of the molecule is Cc1ccc(C2CSCCN2C(=O)NCCC(=O)O)cc1. The number of carboxylic acid groups (broad SMARTS) is 1. The molecule has 6 heteroatoms. The van der Waals surface area contributed by atoms with Crippen LogP contribution in [0.1, 0.15) is 23.6 Å². The molecule has 0 aliphatic carbocycles. The van der Waals surface area contributed by atoms with E-state index in [1.807, 2.05) is 23.6 Å². The number of aryl methyl sites for hydroxylation is 1. The first-order valence-electron chi connectivity index (χ1n) is 6.98. The topological polar surface area (TPSA) is 69.6 Å². The van der Waals surface area contributed by atoms with Gasteiger partial charge < -0.3 is 15.3 Å². The number of carbonyl (C=O) groups excluding carboxylic acids is 1. The van der Waals surface area contributed by atoms with Crippen molar-refractivity contribution < 1.29 is 14.7 Å². The van der Waals surface area contributed by atoms with Crippen molar-refractivity contribution >= 4 is 23.8 Å². The van der Waals surface area contributed by atoms with Crippen LogP contribution in [0, 0.1) is 6.92 Å². The fourth-order valence-electron chi connectivity index (χ4n) is 2.29. The van der Waals surface area contributed by atoms with Crippen LogP contribution < -0.4 is 5.32 Å². The minimum atomic E-state index is -0.903. The highest BCUT2D eigenvalue weighted by atomic mass is 32.2. The first kappa shape index (κ1) is 15.7. The zero-order valence-electron chi connectivity index (χ0n) is 12.0. The summed E-state index contributed by atoms with van der Waals surface area (Å²) in [5, 5.41) is 11.3. The third kappa shape index (κ3) is 4.39. The zero-order valence-corrected chi connectivity index (χ0v) is 12.9. The van der Waals surface area contributed by atoms with E-state index in [1.165, 1.54) is 5.56 Å². The van der Waals surface area contributed by atoms with Crippen molar-refractivity contribution in [2.24, 2.45) is 0 Å². The maximum Gasteiger partial charge on any atom is 0.317 e. The van der Waals surface area contributed by atoms with Crippen molar-refractivity contribution in [1.82, 2.24) is 10.2 Å². The van der Waals surface area contributed by atoms with E-state index in [9.17, 15) is 9.59 Å². The number of carbonyl (C=O) groups is 2. The molecule has 0 radical (unpaired) electrons. The van der Waals surface area contributed by atoms with Gasteiger partial charge >= 0.3 is 12.0 Å². The van der Waals surface area contributed by atoms with Crippen LogP contribution in [0.25, 0.3) is 0 Å². The number of carboxylic acids is 1. The number of benzene rings is 1. The van der Waals surface area contributed by atoms with Gasteiger partial charge in [-0.2, -0.15) is 11.8 Å². The molecule has 1 aliphatic heterocycles. The summed E-state index contributed by atoms with van der Waals surface area (Å²) in [6.07, 6.45) is -0.0521. The lowest BCUT2D eigenvalue weighted by atomic mass is 10.1. The highest BCUT2D eigenvalue weighted by molar-refractivity contribution is 7.99. The van der Waals surface area contributed by atoms with Gasteiger partial charge in [-0.3, -0.25) is 4.79 Å². The average Bonchev–Trinajstić information content (AvgIpc) is 2.47. The second-order valence-corrected chi connectivity index (χ2v) is 6.22. The van der Waals surface area contributed by atoms with Crippen LogP contribution in [0.4, 0.5) is 4.79 Å². The Bertz CT molecular complexity index is 504. The molecular weight excluding hydrogens is 288 g/mol. The Balaban J connectivity index is 2.02. The lowest BCUT2D eigenvalue weighted by Crippen LogP contribution is -2.46. The summed E-state index contributed by atoms with van der Waals surface area (Å²) in [7, 11) is 0. The smallest absolute Gasteiger partial charge is 0.317 e. The molecule has 1 heterocycles. The molecule has 114 valence electrons. The first-order valence-corrected chi connectivity index (χ1v) is 8.14. The number of amides is 2. The van der Waals surface area contributed by atoms with Crippen molar-refractivity contribution in [3.63, 3.8) is 0 Å². The molecule has 5 nitrogen and oxygen atoms in total. The van der Waals surface area contributed by atoms with E-state index < -0.39 is 5.97 Å². The van der Waals surface area contributed by atoms with E-state index in [4.69, 9.17) is 5.11 Å². The summed E-state index contributed by atoms with van der Waals surface area (Å²) in [4.78, 5) is 24.6. The minimum absolute atomic E-state index is 0.0502. The second kappa shape index (κ2) is 7.36. The molecule has 0 bridgehead atoms. The van der Waals surface area contributed by atoms with Gasteiger partial charge in [0.15, 0.2) is 0 Å². The number of hydrogen-bond acceptors (Lipinski definition) is 3. The van der Waals surface area contributed by atoms with E-state index in [0.29, 0.717) is 6.54 Å². The number of nitrogens with one attached hydrogen (secondary N) is 1. The van der Waals surface area contributed by atoms with Gasteiger partial charge in [-0.05, 0) is 12.5 Å². The molecule has 0 saturated carbocycles. The van der Waals surface area contributed by atoms with E-state index in [1.54, 1.807) is 0 Å². The number of hydrogen-bond donors (Lipinski definition) is 2. The molecule has 1 fully saturated rings. The van der Waals surface area contributed by atoms with Gasteiger partial charge in [0.05, 0.1) is 12.5 Å². The Hall–Kier alpha value is -1.69. The molecule has 21 heavy (non-hydrogen) atoms. The zero-order chi connectivity index (χ0) is 15.2. The Morgan fingerprint density at radius 2 is 2.10 bits per heavy atom. The summed E-state index contributed by atoms with van der Waals surface area (Å²) in [6, 6.07) is 8.09. The molecule has 1 saturated heterocycles. The second-order valence-electron chi connectivity index (χ2n) is 5.07. The number of thioether (sulfide) groups is 1. The molecule has 1 unspecified atom stereocenters. The molecule has 1 aromatic rings. The summed E-state index contributed by atoms with van der Waals surface area (Å²) >= 11 is 1.84. The number of rotatable bonds is 4. The molecule has 1 aliphatic rings. The Labute approximate surface area is 128 Å². The normalized spacial score (nSPS) is 18.3. The van der Waals surface area contributed by atoms with Crippen LogP contribution >= 0.6 is 11.8 Å². The number of urea groups is 1. The van der Waals surface area contributed by atoms with Gasteiger partial charge in [0.1, 0.15) is 0 Å². The van der Waals surface area contributed by atoms with Gasteiger partial charge in [0.25, 0.3) is 0 Å². The van der Waals surface area contributed by atoms with Gasteiger partial charge in [-0.1, -0.05) is 29.8 Å². The molecule has 1 aromatic carbocycles. The van der Waals surface area contributed by atoms with Gasteiger partial charge in [-0.25, -0.2) is 4.79 Å². The average molecular weight is 308 g/mol. The largest absolute Gasteiger partial charge is 0.481 e. The van der Waals surface area contributed by atoms with Crippen LogP contribution in [-0.2, 0) is 4.79 Å². The summed E-state index contributed by atoms with van der Waals surface area (Å²) < 4.78 is 0. The fraction of sp³-hybridized carbons (Fsp3) is 0.467. The van der Waals surface area contributed by atoms with Crippen molar-refractivity contribution in [1.29, 1.82) is 0 Å². The predicted molar refractivity (Wildman–Crippen MR) is 83.6 cm³/mol. The predicted octanol–water partition coefficient (Wildman–Crippen LogP) is 2.27. The van der Waals surface area contributed by atoms with Crippen molar-refractivity contribution in [2.45, 2.75) is 19.4 Å². The molecule has 2 rings (SSSR count). The van der Waals surface area contributed by atoms with Crippen LogP contribution in [0.15, 0.2) is 24.3 Å². The molecule has 2 amide bonds.